The molecule has 0 aliphatic rings. The minimum Gasteiger partial charge on any atom is -0.313 e. The maximum absolute atomic E-state index is 4.30. The second kappa shape index (κ2) is 10.8. The number of fused-ring (bicyclic) bond motifs is 2. The van der Waals surface area contributed by atoms with Gasteiger partial charge in [0, 0.05) is 36.7 Å². The molecule has 4 rings (SSSR count). The quantitative estimate of drug-likeness (QED) is 0.337. The van der Waals surface area contributed by atoms with E-state index in [-0.39, 0.29) is 0 Å². The van der Waals surface area contributed by atoms with Crippen LogP contribution in [0.4, 0.5) is 0 Å². The van der Waals surface area contributed by atoms with E-state index in [4.69, 9.17) is 0 Å². The molecule has 0 saturated carbocycles. The Kier molecular flexibility index (Phi) is 7.82. The lowest BCUT2D eigenvalue weighted by Gasteiger charge is -2.04. The van der Waals surface area contributed by atoms with Crippen molar-refractivity contribution in [2.45, 2.75) is 31.6 Å². The number of nitrogens with one attached hydrogen (secondary N) is 1. The zero-order valence-corrected chi connectivity index (χ0v) is 17.6. The van der Waals surface area contributed by atoms with Gasteiger partial charge in [-0.2, -0.15) is 0 Å². The molecule has 144 valence electrons. The molecule has 5 nitrogen and oxygen atoms in total. The highest BCUT2D eigenvalue weighted by Crippen LogP contribution is 2.13. The summed E-state index contributed by atoms with van der Waals surface area (Å²) in [7, 11) is 0. The van der Waals surface area contributed by atoms with Crippen molar-refractivity contribution in [2.24, 2.45) is 0 Å². The third-order valence-electron chi connectivity index (χ3n) is 4.26. The van der Waals surface area contributed by atoms with Gasteiger partial charge in [-0.3, -0.25) is 19.9 Å². The van der Waals surface area contributed by atoms with Gasteiger partial charge in [-0.05, 0) is 48.4 Å². The first-order valence-electron chi connectivity index (χ1n) is 9.46. The van der Waals surface area contributed by atoms with Crippen LogP contribution in [0, 0.1) is 0 Å². The minimum absolute atomic E-state index is 0.861. The van der Waals surface area contributed by atoms with Crippen LogP contribution in [-0.2, 0) is 11.9 Å². The maximum Gasteiger partial charge on any atom is 0.0890 e. The van der Waals surface area contributed by atoms with E-state index in [1.165, 1.54) is 24.0 Å². The van der Waals surface area contributed by atoms with E-state index >= 15 is 0 Å². The van der Waals surface area contributed by atoms with Crippen LogP contribution in [0.15, 0.2) is 61.2 Å². The summed E-state index contributed by atoms with van der Waals surface area (Å²) in [5.41, 5.74) is 6.32. The van der Waals surface area contributed by atoms with Gasteiger partial charge in [0.1, 0.15) is 0 Å². The zero-order chi connectivity index (χ0) is 19.6. The Balaban J connectivity index is 0.000000167. The lowest BCUT2D eigenvalue weighted by molar-refractivity contribution is 0.641. The molecule has 28 heavy (non-hydrogen) atoms. The third kappa shape index (κ3) is 5.78. The fourth-order valence-electron chi connectivity index (χ4n) is 2.75. The van der Waals surface area contributed by atoms with Crippen LogP contribution in [0.25, 0.3) is 22.1 Å². The number of hydrogen-bond acceptors (Lipinski definition) is 5. The SMILES string of the molecule is BrCc1ccc2nccnc2c1.CCCCNCc1ccc2nccnc2c1. The normalized spacial score (nSPS) is 10.6. The smallest absolute Gasteiger partial charge is 0.0890 e. The van der Waals surface area contributed by atoms with Gasteiger partial charge in [0.05, 0.1) is 22.1 Å². The van der Waals surface area contributed by atoms with E-state index in [1.807, 2.05) is 24.3 Å². The number of unbranched alkanes of at least 4 members (excludes halogenated alkanes) is 1. The molecule has 0 spiro atoms. The standard InChI is InChI=1S/C13H17N3.C9H7BrN2/c1-2-3-6-14-10-11-4-5-12-13(9-11)16-8-7-15-12;10-6-7-1-2-8-9(5-7)12-4-3-11-8/h4-5,7-9,14H,2-3,6,10H2,1H3;1-5H,6H2. The molecular weight excluding hydrogens is 414 g/mol. The van der Waals surface area contributed by atoms with E-state index in [2.05, 4.69) is 60.2 Å². The predicted molar refractivity (Wildman–Crippen MR) is 118 cm³/mol. The monoisotopic (exact) mass is 437 g/mol. The second-order valence-corrected chi connectivity index (χ2v) is 6.98. The highest BCUT2D eigenvalue weighted by atomic mass is 79.9. The number of aromatic nitrogens is 4. The van der Waals surface area contributed by atoms with Crippen molar-refractivity contribution in [3.8, 4) is 0 Å². The first-order valence-corrected chi connectivity index (χ1v) is 10.6. The van der Waals surface area contributed by atoms with Gasteiger partial charge in [0.15, 0.2) is 0 Å². The van der Waals surface area contributed by atoms with Crippen molar-refractivity contribution in [3.05, 3.63) is 72.3 Å². The van der Waals surface area contributed by atoms with Gasteiger partial charge in [-0.25, -0.2) is 0 Å². The summed E-state index contributed by atoms with van der Waals surface area (Å²) in [5, 5.41) is 4.28. The second-order valence-electron chi connectivity index (χ2n) is 6.42. The first-order chi connectivity index (χ1) is 13.8. The van der Waals surface area contributed by atoms with E-state index in [0.717, 1.165) is 40.5 Å². The molecule has 0 amide bonds. The van der Waals surface area contributed by atoms with Crippen LogP contribution in [0.2, 0.25) is 0 Å². The van der Waals surface area contributed by atoms with Crippen molar-refractivity contribution in [1.82, 2.24) is 25.3 Å². The number of hydrogen-bond donors (Lipinski definition) is 1. The highest BCUT2D eigenvalue weighted by Gasteiger charge is 1.98. The number of alkyl halides is 1. The molecule has 2 heterocycles. The number of halogens is 1. The Labute approximate surface area is 173 Å². The molecule has 0 unspecified atom stereocenters. The summed E-state index contributed by atoms with van der Waals surface area (Å²) >= 11 is 3.40. The summed E-state index contributed by atoms with van der Waals surface area (Å²) < 4.78 is 0. The van der Waals surface area contributed by atoms with Crippen LogP contribution in [0.5, 0.6) is 0 Å². The predicted octanol–water partition coefficient (Wildman–Crippen LogP) is 5.04. The van der Waals surface area contributed by atoms with Crippen molar-refractivity contribution >= 4 is 38.0 Å². The first kappa shape index (κ1) is 20.3. The fourth-order valence-corrected chi connectivity index (χ4v) is 3.09. The van der Waals surface area contributed by atoms with Gasteiger partial charge in [-0.1, -0.05) is 41.4 Å². The summed E-state index contributed by atoms with van der Waals surface area (Å²) in [6.07, 6.45) is 9.33. The largest absolute Gasteiger partial charge is 0.313 e. The van der Waals surface area contributed by atoms with Gasteiger partial charge in [0.25, 0.3) is 0 Å². The Morgan fingerprint density at radius 2 is 1.29 bits per heavy atom. The minimum atomic E-state index is 0.861. The molecule has 2 aromatic heterocycles. The van der Waals surface area contributed by atoms with Crippen LogP contribution >= 0.6 is 15.9 Å². The van der Waals surface area contributed by atoms with Crippen LogP contribution in [-0.4, -0.2) is 26.5 Å². The Hall–Kier alpha value is -2.44. The molecule has 2 aromatic carbocycles. The van der Waals surface area contributed by atoms with Crippen LogP contribution in [0.3, 0.4) is 0 Å². The molecule has 0 bridgehead atoms. The number of benzene rings is 2. The lowest BCUT2D eigenvalue weighted by atomic mass is 10.2. The highest BCUT2D eigenvalue weighted by molar-refractivity contribution is 9.08. The number of nitrogens with zero attached hydrogens (tertiary/aromatic N) is 4. The molecule has 0 radical (unpaired) electrons. The van der Waals surface area contributed by atoms with Crippen molar-refractivity contribution in [2.75, 3.05) is 6.54 Å². The van der Waals surface area contributed by atoms with Crippen molar-refractivity contribution in [3.63, 3.8) is 0 Å². The summed E-state index contributed by atoms with van der Waals surface area (Å²) in [6.45, 7) is 4.19. The molecule has 0 aliphatic heterocycles. The van der Waals surface area contributed by atoms with Gasteiger partial charge in [0.2, 0.25) is 0 Å². The Morgan fingerprint density at radius 1 is 0.750 bits per heavy atom. The zero-order valence-electron chi connectivity index (χ0n) is 16.0. The Bertz CT molecular complexity index is 1020. The van der Waals surface area contributed by atoms with E-state index < -0.39 is 0 Å². The summed E-state index contributed by atoms with van der Waals surface area (Å²) in [4.78, 5) is 16.9. The molecule has 0 aliphatic carbocycles. The molecule has 0 atom stereocenters. The van der Waals surface area contributed by atoms with Gasteiger partial charge >= 0.3 is 0 Å². The average Bonchev–Trinajstić information content (AvgIpc) is 2.76. The fraction of sp³-hybridized carbons (Fsp3) is 0.273. The number of rotatable bonds is 6. The van der Waals surface area contributed by atoms with Gasteiger partial charge in [-0.15, -0.1) is 0 Å². The summed E-state index contributed by atoms with van der Waals surface area (Å²) in [6, 6.07) is 12.3. The maximum atomic E-state index is 4.30. The third-order valence-corrected chi connectivity index (χ3v) is 4.91. The topological polar surface area (TPSA) is 63.6 Å². The van der Waals surface area contributed by atoms with Gasteiger partial charge < -0.3 is 5.32 Å². The molecule has 6 heteroatoms. The average molecular weight is 438 g/mol. The molecular formula is C22H24BrN5. The van der Waals surface area contributed by atoms with E-state index in [0.29, 0.717) is 0 Å². The van der Waals surface area contributed by atoms with Crippen molar-refractivity contribution < 1.29 is 0 Å². The molecule has 1 N–H and O–H groups in total. The molecule has 0 fully saturated rings. The lowest BCUT2D eigenvalue weighted by Crippen LogP contribution is -2.14. The van der Waals surface area contributed by atoms with Crippen LogP contribution < -0.4 is 5.32 Å². The van der Waals surface area contributed by atoms with Crippen LogP contribution in [0.1, 0.15) is 30.9 Å². The molecule has 4 aromatic rings. The summed E-state index contributed by atoms with van der Waals surface area (Å²) in [5.74, 6) is 0. The Morgan fingerprint density at radius 3 is 1.86 bits per heavy atom. The van der Waals surface area contributed by atoms with Crippen molar-refractivity contribution in [1.29, 1.82) is 0 Å². The van der Waals surface area contributed by atoms with E-state index in [1.54, 1.807) is 24.8 Å². The van der Waals surface area contributed by atoms with E-state index in [9.17, 15) is 0 Å². The molecule has 0 saturated heterocycles.